The van der Waals surface area contributed by atoms with Gasteiger partial charge in [0.15, 0.2) is 0 Å². The number of aliphatic hydroxyl groups is 1. The summed E-state index contributed by atoms with van der Waals surface area (Å²) in [5, 5.41) is 22.0. The van der Waals surface area contributed by atoms with Crippen LogP contribution in [0.3, 0.4) is 0 Å². The molecule has 2 heterocycles. The molecule has 1 fully saturated rings. The lowest BCUT2D eigenvalue weighted by molar-refractivity contribution is -0.123. The van der Waals surface area contributed by atoms with Crippen molar-refractivity contribution in [3.63, 3.8) is 0 Å². The van der Waals surface area contributed by atoms with Gasteiger partial charge in [0.05, 0.1) is 35.4 Å². The molecule has 3 aromatic rings. The monoisotopic (exact) mass is 450 g/mol. The molecule has 4 atom stereocenters. The van der Waals surface area contributed by atoms with Crippen molar-refractivity contribution in [1.82, 2.24) is 5.01 Å². The van der Waals surface area contributed by atoms with Gasteiger partial charge in [-0.2, -0.15) is 5.26 Å². The Bertz CT molecular complexity index is 1270. The number of hydrazine groups is 1. The van der Waals surface area contributed by atoms with Crippen LogP contribution in [-0.2, 0) is 9.59 Å². The molecular formula is C27H22N4O3. The molecule has 1 saturated heterocycles. The van der Waals surface area contributed by atoms with E-state index < -0.39 is 24.1 Å². The molecule has 0 spiro atoms. The summed E-state index contributed by atoms with van der Waals surface area (Å²) < 4.78 is 0. The summed E-state index contributed by atoms with van der Waals surface area (Å²) in [5.41, 5.74) is 5.59. The number of imide groups is 1. The zero-order valence-electron chi connectivity index (χ0n) is 18.2. The summed E-state index contributed by atoms with van der Waals surface area (Å²) in [5.74, 6) is -1.37. The number of nitriles is 1. The van der Waals surface area contributed by atoms with Gasteiger partial charge >= 0.3 is 0 Å². The van der Waals surface area contributed by atoms with Crippen LogP contribution in [0.15, 0.2) is 97.1 Å². The maximum atomic E-state index is 13.6. The van der Waals surface area contributed by atoms with E-state index in [0.717, 1.165) is 0 Å². The quantitative estimate of drug-likeness (QED) is 0.457. The Kier molecular flexibility index (Phi) is 5.68. The molecule has 7 heteroatoms. The first-order chi connectivity index (χ1) is 16.6. The number of hydrogen-bond donors (Lipinski definition) is 2. The Morgan fingerprint density at radius 1 is 0.853 bits per heavy atom. The second-order valence-electron chi connectivity index (χ2n) is 8.26. The first kappa shape index (κ1) is 21.6. The molecule has 5 rings (SSSR count). The molecule has 0 aromatic heterocycles. The number of hydrogen-bond acceptors (Lipinski definition) is 6. The van der Waals surface area contributed by atoms with Gasteiger partial charge in [-0.15, -0.1) is 0 Å². The fourth-order valence-electron chi connectivity index (χ4n) is 4.52. The van der Waals surface area contributed by atoms with Gasteiger partial charge in [0, 0.05) is 5.69 Å². The highest BCUT2D eigenvalue weighted by Gasteiger charge is 2.54. The molecule has 2 amide bonds. The number of carbonyl (C=O) groups excluding carboxylic acids is 2. The highest BCUT2D eigenvalue weighted by atomic mass is 16.3. The largest absolute Gasteiger partial charge is 0.386 e. The van der Waals surface area contributed by atoms with Crippen LogP contribution in [0.1, 0.15) is 17.2 Å². The topological polar surface area (TPSA) is 96.7 Å². The van der Waals surface area contributed by atoms with E-state index in [1.165, 1.54) is 4.90 Å². The van der Waals surface area contributed by atoms with Crippen LogP contribution in [0.25, 0.3) is 0 Å². The lowest BCUT2D eigenvalue weighted by Crippen LogP contribution is -2.55. The van der Waals surface area contributed by atoms with Gasteiger partial charge < -0.3 is 10.5 Å². The number of anilines is 2. The minimum atomic E-state index is -0.946. The molecule has 0 radical (unpaired) electrons. The Labute approximate surface area is 197 Å². The summed E-state index contributed by atoms with van der Waals surface area (Å²) in [6, 6.07) is 25.4. The number of para-hydroxylation sites is 1. The third-order valence-electron chi connectivity index (χ3n) is 6.21. The Balaban J connectivity index is 1.54. The minimum absolute atomic E-state index is 0.309. The standard InChI is InChI=1S/C27H22N4O3/c28-17-18-11-13-20(14-12-18)29-31-23(25(32)19-7-3-1-4-8-19)16-15-22-24(31)27(34)30(26(22)33)21-9-5-2-6-10-21/h1-16,22-25,29,32H. The highest BCUT2D eigenvalue weighted by molar-refractivity contribution is 6.24. The van der Waals surface area contributed by atoms with Gasteiger partial charge in [-0.05, 0) is 42.0 Å². The van der Waals surface area contributed by atoms with Gasteiger partial charge in [-0.25, -0.2) is 9.91 Å². The third-order valence-corrected chi connectivity index (χ3v) is 6.21. The van der Waals surface area contributed by atoms with Crippen LogP contribution in [0, 0.1) is 17.2 Å². The van der Waals surface area contributed by atoms with E-state index in [-0.39, 0.29) is 11.8 Å². The van der Waals surface area contributed by atoms with Crippen molar-refractivity contribution in [2.45, 2.75) is 18.2 Å². The van der Waals surface area contributed by atoms with E-state index in [2.05, 4.69) is 11.5 Å². The smallest absolute Gasteiger partial charge is 0.254 e. The van der Waals surface area contributed by atoms with Crippen LogP contribution in [0.4, 0.5) is 11.4 Å². The number of amides is 2. The molecule has 0 bridgehead atoms. The molecule has 168 valence electrons. The zero-order valence-corrected chi connectivity index (χ0v) is 18.2. The zero-order chi connectivity index (χ0) is 23.7. The van der Waals surface area contributed by atoms with Gasteiger partial charge in [0.2, 0.25) is 5.91 Å². The van der Waals surface area contributed by atoms with E-state index in [1.807, 2.05) is 36.4 Å². The molecule has 3 aromatic carbocycles. The second-order valence-corrected chi connectivity index (χ2v) is 8.26. The van der Waals surface area contributed by atoms with Crippen LogP contribution in [0.5, 0.6) is 0 Å². The first-order valence-electron chi connectivity index (χ1n) is 11.0. The predicted octanol–water partition coefficient (Wildman–Crippen LogP) is 3.42. The van der Waals surface area contributed by atoms with Crippen LogP contribution >= 0.6 is 0 Å². The molecule has 0 aliphatic carbocycles. The van der Waals surface area contributed by atoms with E-state index in [9.17, 15) is 14.7 Å². The van der Waals surface area contributed by atoms with Crippen molar-refractivity contribution in [3.05, 3.63) is 108 Å². The van der Waals surface area contributed by atoms with Crippen molar-refractivity contribution in [2.75, 3.05) is 10.3 Å². The van der Waals surface area contributed by atoms with Gasteiger partial charge in [-0.3, -0.25) is 9.59 Å². The fourth-order valence-corrected chi connectivity index (χ4v) is 4.52. The van der Waals surface area contributed by atoms with E-state index in [0.29, 0.717) is 22.5 Å². The van der Waals surface area contributed by atoms with Crippen molar-refractivity contribution >= 4 is 23.2 Å². The lowest BCUT2D eigenvalue weighted by atomic mass is 9.90. The fraction of sp³-hybridized carbons (Fsp3) is 0.148. The average molecular weight is 450 g/mol. The molecular weight excluding hydrogens is 428 g/mol. The van der Waals surface area contributed by atoms with Crippen LogP contribution in [-0.4, -0.2) is 34.0 Å². The molecule has 2 N–H and O–H groups in total. The molecule has 2 aliphatic heterocycles. The number of carbonyl (C=O) groups is 2. The second kappa shape index (κ2) is 8.94. The Morgan fingerprint density at radius 3 is 2.15 bits per heavy atom. The Hall–Kier alpha value is -4.25. The lowest BCUT2D eigenvalue weighted by Gasteiger charge is -2.40. The Morgan fingerprint density at radius 2 is 1.50 bits per heavy atom. The number of nitrogens with one attached hydrogen (secondary N) is 1. The van der Waals surface area contributed by atoms with Crippen molar-refractivity contribution in [1.29, 1.82) is 5.26 Å². The normalized spacial score (nSPS) is 22.8. The maximum Gasteiger partial charge on any atom is 0.254 e. The average Bonchev–Trinajstić information content (AvgIpc) is 3.15. The summed E-state index contributed by atoms with van der Waals surface area (Å²) >= 11 is 0. The minimum Gasteiger partial charge on any atom is -0.386 e. The van der Waals surface area contributed by atoms with Crippen LogP contribution in [0.2, 0.25) is 0 Å². The van der Waals surface area contributed by atoms with Crippen LogP contribution < -0.4 is 10.3 Å². The van der Waals surface area contributed by atoms with Gasteiger partial charge in [0.25, 0.3) is 5.91 Å². The number of benzene rings is 3. The van der Waals surface area contributed by atoms with Gasteiger partial charge in [-0.1, -0.05) is 60.7 Å². The molecule has 2 aliphatic rings. The summed E-state index contributed by atoms with van der Waals surface area (Å²) in [4.78, 5) is 28.1. The maximum absolute atomic E-state index is 13.6. The molecule has 34 heavy (non-hydrogen) atoms. The summed E-state index contributed by atoms with van der Waals surface area (Å²) in [6.07, 6.45) is 2.55. The van der Waals surface area contributed by atoms with E-state index in [4.69, 9.17) is 5.26 Å². The molecule has 7 nitrogen and oxygen atoms in total. The van der Waals surface area contributed by atoms with E-state index >= 15 is 0 Å². The summed E-state index contributed by atoms with van der Waals surface area (Å²) in [6.45, 7) is 0. The third kappa shape index (κ3) is 3.75. The van der Waals surface area contributed by atoms with Crippen molar-refractivity contribution in [3.8, 4) is 6.07 Å². The number of aliphatic hydroxyl groups excluding tert-OH is 1. The summed E-state index contributed by atoms with van der Waals surface area (Å²) in [7, 11) is 0. The number of rotatable bonds is 5. The molecule has 4 unspecified atom stereocenters. The van der Waals surface area contributed by atoms with Crippen molar-refractivity contribution < 1.29 is 14.7 Å². The first-order valence-corrected chi connectivity index (χ1v) is 11.0. The SMILES string of the molecule is N#Cc1ccc(NN2C(C(O)c3ccccc3)C=CC3C(=O)N(c4ccccc4)C(=O)C32)cc1. The number of nitrogens with zero attached hydrogens (tertiary/aromatic N) is 3. The molecule has 0 saturated carbocycles. The highest BCUT2D eigenvalue weighted by Crippen LogP contribution is 2.37. The predicted molar refractivity (Wildman–Crippen MR) is 127 cm³/mol. The van der Waals surface area contributed by atoms with Gasteiger partial charge in [0.1, 0.15) is 6.04 Å². The number of fused-ring (bicyclic) bond motifs is 1. The van der Waals surface area contributed by atoms with Crippen molar-refractivity contribution in [2.24, 2.45) is 5.92 Å². The van der Waals surface area contributed by atoms with E-state index in [1.54, 1.807) is 65.7 Å².